The monoisotopic (exact) mass is 456 g/mol. The first-order valence-corrected chi connectivity index (χ1v) is 11.9. The average molecular weight is 456 g/mol. The number of ether oxygens (including phenoxy) is 4. The van der Waals surface area contributed by atoms with Crippen LogP contribution in [-0.4, -0.2) is 33.5 Å². The lowest BCUT2D eigenvalue weighted by Gasteiger charge is -2.30. The molecule has 0 fully saturated rings. The Hall–Kier alpha value is -2.95. The van der Waals surface area contributed by atoms with Crippen LogP contribution < -0.4 is 29.6 Å². The molecule has 1 N–H and O–H groups in total. The van der Waals surface area contributed by atoms with E-state index in [1.807, 2.05) is 32.0 Å². The van der Waals surface area contributed by atoms with Crippen molar-refractivity contribution in [2.75, 3.05) is 28.4 Å². The number of aryl methyl sites for hydroxylation is 2. The van der Waals surface area contributed by atoms with Gasteiger partial charge in [-0.2, -0.15) is 0 Å². The largest absolute Gasteiger partial charge is 0.497 e. The molecule has 0 aliphatic rings. The topological polar surface area (TPSA) is 74.2 Å². The molecule has 0 aromatic heterocycles. The highest BCUT2D eigenvalue weighted by molar-refractivity contribution is 7.79. The summed E-state index contributed by atoms with van der Waals surface area (Å²) >= 11 is 0. The third kappa shape index (κ3) is 4.08. The van der Waals surface area contributed by atoms with Gasteiger partial charge in [-0.05, 0) is 66.9 Å². The van der Waals surface area contributed by atoms with Gasteiger partial charge in [0.2, 0.25) is 0 Å². The minimum absolute atomic E-state index is 0.334. The van der Waals surface area contributed by atoms with Crippen LogP contribution in [0.4, 0.5) is 0 Å². The highest BCUT2D eigenvalue weighted by atomic mass is 31.2. The zero-order valence-corrected chi connectivity index (χ0v) is 20.1. The molecule has 0 saturated heterocycles. The SMILES string of the molecule is COc1ccc(OC)c(P(=O)(c2cc(OC)ccc2OC)C(O)c2c(C)cccc2C)c1. The first-order chi connectivity index (χ1) is 15.3. The van der Waals surface area contributed by atoms with Crippen LogP contribution >= 0.6 is 7.14 Å². The van der Waals surface area contributed by atoms with E-state index in [1.165, 1.54) is 28.4 Å². The fraction of sp³-hybridized carbons (Fsp3) is 0.280. The number of benzene rings is 3. The second kappa shape index (κ2) is 9.68. The number of hydrogen-bond donors (Lipinski definition) is 1. The maximum Gasteiger partial charge on any atom is 0.182 e. The smallest absolute Gasteiger partial charge is 0.182 e. The number of hydrogen-bond acceptors (Lipinski definition) is 6. The Labute approximate surface area is 189 Å². The van der Waals surface area contributed by atoms with Gasteiger partial charge in [0, 0.05) is 0 Å². The molecule has 1 unspecified atom stereocenters. The van der Waals surface area contributed by atoms with Crippen molar-refractivity contribution in [3.63, 3.8) is 0 Å². The quantitative estimate of drug-likeness (QED) is 0.509. The summed E-state index contributed by atoms with van der Waals surface area (Å²) in [5.74, 6) is 0.396. The lowest BCUT2D eigenvalue weighted by Crippen LogP contribution is -2.25. The lowest BCUT2D eigenvalue weighted by molar-refractivity contribution is 0.255. The molecule has 3 aromatic carbocycles. The molecule has 7 heteroatoms. The Kier molecular flexibility index (Phi) is 7.17. The molecular weight excluding hydrogens is 427 g/mol. The molecule has 0 aliphatic heterocycles. The van der Waals surface area contributed by atoms with Crippen LogP contribution in [0.3, 0.4) is 0 Å². The van der Waals surface area contributed by atoms with Gasteiger partial charge < -0.3 is 28.6 Å². The average Bonchev–Trinajstić information content (AvgIpc) is 2.82. The Morgan fingerprint density at radius 2 is 1.16 bits per heavy atom. The Morgan fingerprint density at radius 3 is 1.53 bits per heavy atom. The molecule has 1 atom stereocenters. The Balaban J connectivity index is 2.45. The number of methoxy groups -OCH3 is 4. The summed E-state index contributed by atoms with van der Waals surface area (Å²) in [6, 6.07) is 15.8. The molecule has 32 heavy (non-hydrogen) atoms. The second-order valence-electron chi connectivity index (χ2n) is 7.41. The summed E-state index contributed by atoms with van der Waals surface area (Å²) in [6.45, 7) is 3.78. The van der Waals surface area contributed by atoms with Crippen molar-refractivity contribution in [3.8, 4) is 23.0 Å². The van der Waals surface area contributed by atoms with Gasteiger partial charge in [0.25, 0.3) is 0 Å². The molecule has 0 bridgehead atoms. The van der Waals surface area contributed by atoms with Crippen LogP contribution in [0.15, 0.2) is 54.6 Å². The minimum atomic E-state index is -3.83. The van der Waals surface area contributed by atoms with E-state index >= 15 is 4.57 Å². The molecule has 3 rings (SSSR count). The van der Waals surface area contributed by atoms with Crippen LogP contribution in [0.2, 0.25) is 0 Å². The van der Waals surface area contributed by atoms with Gasteiger partial charge in [-0.15, -0.1) is 0 Å². The van der Waals surface area contributed by atoms with Crippen molar-refractivity contribution in [2.45, 2.75) is 19.7 Å². The summed E-state index contributed by atoms with van der Waals surface area (Å²) < 4.78 is 37.2. The van der Waals surface area contributed by atoms with E-state index in [-0.39, 0.29) is 0 Å². The van der Waals surface area contributed by atoms with E-state index in [9.17, 15) is 5.11 Å². The second-order valence-corrected chi connectivity index (χ2v) is 10.2. The summed E-state index contributed by atoms with van der Waals surface area (Å²) in [5, 5.41) is 12.5. The maximum absolute atomic E-state index is 15.2. The molecule has 0 aliphatic carbocycles. The predicted molar refractivity (Wildman–Crippen MR) is 127 cm³/mol. The summed E-state index contributed by atoms with van der Waals surface area (Å²) in [6.07, 6.45) is 0. The van der Waals surface area contributed by atoms with E-state index in [2.05, 4.69) is 0 Å². The highest BCUT2D eigenvalue weighted by Crippen LogP contribution is 2.60. The van der Waals surface area contributed by atoms with Gasteiger partial charge in [0.15, 0.2) is 7.14 Å². The standard InChI is InChI=1S/C25H29O6P/c1-16-8-7-9-17(2)24(16)25(26)32(27,22-14-18(28-3)10-12-20(22)30-5)23-15-19(29-4)11-13-21(23)31-6/h7-15,25-26H,1-6H3. The maximum atomic E-state index is 15.2. The molecule has 0 amide bonds. The molecule has 3 aromatic rings. The lowest BCUT2D eigenvalue weighted by atomic mass is 10.0. The number of aliphatic hydroxyl groups is 1. The summed E-state index contributed by atoms with van der Waals surface area (Å²) in [4.78, 5) is 0. The van der Waals surface area contributed by atoms with Gasteiger partial charge >= 0.3 is 0 Å². The predicted octanol–water partition coefficient (Wildman–Crippen LogP) is 4.34. The third-order valence-corrected chi connectivity index (χ3v) is 8.71. The van der Waals surface area contributed by atoms with Crippen LogP contribution in [0.5, 0.6) is 23.0 Å². The van der Waals surface area contributed by atoms with Crippen molar-refractivity contribution >= 4 is 17.8 Å². The molecule has 170 valence electrons. The molecule has 6 nitrogen and oxygen atoms in total. The van der Waals surface area contributed by atoms with Gasteiger partial charge in [0.1, 0.15) is 28.8 Å². The summed E-state index contributed by atoms with van der Waals surface area (Å²) in [5.41, 5.74) is 2.27. The van der Waals surface area contributed by atoms with Gasteiger partial charge in [0.05, 0.1) is 39.0 Å². The van der Waals surface area contributed by atoms with Gasteiger partial charge in [-0.25, -0.2) is 0 Å². The van der Waals surface area contributed by atoms with E-state index in [0.29, 0.717) is 39.2 Å². The zero-order chi connectivity index (χ0) is 23.5. The van der Waals surface area contributed by atoms with E-state index in [4.69, 9.17) is 18.9 Å². The first kappa shape index (κ1) is 23.7. The van der Waals surface area contributed by atoms with Gasteiger partial charge in [-0.3, -0.25) is 0 Å². The molecule has 0 radical (unpaired) electrons. The van der Waals surface area contributed by atoms with E-state index in [0.717, 1.165) is 11.1 Å². The molecular formula is C25H29O6P. The Bertz CT molecular complexity index is 1080. The normalized spacial score (nSPS) is 12.2. The third-order valence-electron chi connectivity index (χ3n) is 5.63. The van der Waals surface area contributed by atoms with Crippen molar-refractivity contribution in [1.82, 2.24) is 0 Å². The molecule has 0 heterocycles. The van der Waals surface area contributed by atoms with Crippen molar-refractivity contribution < 1.29 is 28.6 Å². The van der Waals surface area contributed by atoms with Crippen LogP contribution in [-0.2, 0) is 4.57 Å². The number of aliphatic hydroxyl groups excluding tert-OH is 1. The van der Waals surface area contributed by atoms with Crippen LogP contribution in [0.25, 0.3) is 0 Å². The van der Waals surface area contributed by atoms with E-state index < -0.39 is 13.0 Å². The zero-order valence-electron chi connectivity index (χ0n) is 19.2. The fourth-order valence-corrected chi connectivity index (χ4v) is 7.10. The number of rotatable bonds is 8. The van der Waals surface area contributed by atoms with Crippen molar-refractivity contribution in [1.29, 1.82) is 0 Å². The van der Waals surface area contributed by atoms with Crippen molar-refractivity contribution in [3.05, 3.63) is 71.3 Å². The van der Waals surface area contributed by atoms with Crippen molar-refractivity contribution in [2.24, 2.45) is 0 Å². The van der Waals surface area contributed by atoms with Gasteiger partial charge in [-0.1, -0.05) is 18.2 Å². The van der Waals surface area contributed by atoms with E-state index in [1.54, 1.807) is 36.4 Å². The first-order valence-electron chi connectivity index (χ1n) is 10.1. The van der Waals surface area contributed by atoms with Crippen LogP contribution in [0, 0.1) is 13.8 Å². The highest BCUT2D eigenvalue weighted by Gasteiger charge is 2.43. The fourth-order valence-electron chi connectivity index (χ4n) is 3.92. The molecule has 0 saturated carbocycles. The van der Waals surface area contributed by atoms with Crippen LogP contribution in [0.1, 0.15) is 22.5 Å². The minimum Gasteiger partial charge on any atom is -0.497 e. The molecule has 0 spiro atoms. The summed E-state index contributed by atoms with van der Waals surface area (Å²) in [7, 11) is 2.24. The Morgan fingerprint density at radius 1 is 0.719 bits per heavy atom.